The molecule has 0 N–H and O–H groups in total. The zero-order valence-electron chi connectivity index (χ0n) is 24.2. The highest BCUT2D eigenvalue weighted by atomic mass is 32.1. The summed E-state index contributed by atoms with van der Waals surface area (Å²) in [4.78, 5) is 43.9. The normalized spacial score (nSPS) is 14.5. The second-order valence-electron chi connectivity index (χ2n) is 8.89. The molecule has 222 valence electrons. The van der Waals surface area contributed by atoms with Crippen LogP contribution in [0.2, 0.25) is 0 Å². The third-order valence-electron chi connectivity index (χ3n) is 6.39. The van der Waals surface area contributed by atoms with Gasteiger partial charge in [-0.25, -0.2) is 14.6 Å². The van der Waals surface area contributed by atoms with Gasteiger partial charge in [0, 0.05) is 5.56 Å². The largest absolute Gasteiger partial charge is 0.493 e. The van der Waals surface area contributed by atoms with Crippen LogP contribution in [0.5, 0.6) is 23.0 Å². The van der Waals surface area contributed by atoms with Gasteiger partial charge >= 0.3 is 11.9 Å². The minimum absolute atomic E-state index is 0.146. The van der Waals surface area contributed by atoms with Crippen LogP contribution in [0.4, 0.5) is 0 Å². The molecule has 0 spiro atoms. The van der Waals surface area contributed by atoms with Crippen molar-refractivity contribution in [1.29, 1.82) is 0 Å². The highest BCUT2D eigenvalue weighted by Crippen LogP contribution is 2.36. The van der Waals surface area contributed by atoms with E-state index in [2.05, 4.69) is 9.73 Å². The third kappa shape index (κ3) is 6.03. The van der Waals surface area contributed by atoms with Crippen molar-refractivity contribution in [1.82, 2.24) is 4.57 Å². The summed E-state index contributed by atoms with van der Waals surface area (Å²) in [5.41, 5.74) is 1.50. The van der Waals surface area contributed by atoms with E-state index in [1.54, 1.807) is 57.2 Å². The van der Waals surface area contributed by atoms with Crippen LogP contribution in [0.1, 0.15) is 37.9 Å². The number of allylic oxidation sites excluding steroid dienone is 1. The van der Waals surface area contributed by atoms with E-state index in [9.17, 15) is 14.4 Å². The zero-order valence-corrected chi connectivity index (χ0v) is 25.0. The van der Waals surface area contributed by atoms with E-state index in [0.29, 0.717) is 55.8 Å². The maximum absolute atomic E-state index is 14.0. The molecule has 0 saturated heterocycles. The summed E-state index contributed by atoms with van der Waals surface area (Å²) in [6, 6.07) is 9.52. The summed E-state index contributed by atoms with van der Waals surface area (Å²) in [7, 11) is 4.34. The highest BCUT2D eigenvalue weighted by Gasteiger charge is 2.34. The van der Waals surface area contributed by atoms with Gasteiger partial charge in [-0.2, -0.15) is 0 Å². The quantitative estimate of drug-likeness (QED) is 0.308. The molecule has 4 rings (SSSR count). The number of nitrogens with zero attached hydrogens (tertiary/aromatic N) is 2. The van der Waals surface area contributed by atoms with E-state index in [-0.39, 0.29) is 24.3 Å². The van der Waals surface area contributed by atoms with Crippen LogP contribution in [0.3, 0.4) is 0 Å². The van der Waals surface area contributed by atoms with Crippen LogP contribution < -0.4 is 33.8 Å². The molecule has 11 nitrogen and oxygen atoms in total. The Morgan fingerprint density at radius 1 is 1.00 bits per heavy atom. The van der Waals surface area contributed by atoms with Crippen LogP contribution in [-0.2, 0) is 19.1 Å². The van der Waals surface area contributed by atoms with Gasteiger partial charge in [-0.15, -0.1) is 0 Å². The van der Waals surface area contributed by atoms with Gasteiger partial charge in [0.25, 0.3) is 5.56 Å². The molecule has 1 aromatic heterocycles. The summed E-state index contributed by atoms with van der Waals surface area (Å²) in [6.45, 7) is 5.36. The Kier molecular flexibility index (Phi) is 9.68. The van der Waals surface area contributed by atoms with Gasteiger partial charge in [0.1, 0.15) is 0 Å². The number of ether oxygens (including phenoxy) is 6. The third-order valence-corrected chi connectivity index (χ3v) is 7.38. The number of esters is 2. The maximum atomic E-state index is 14.0. The van der Waals surface area contributed by atoms with Gasteiger partial charge in [-0.1, -0.05) is 29.5 Å². The highest BCUT2D eigenvalue weighted by molar-refractivity contribution is 7.07. The Balaban J connectivity index is 1.92. The molecule has 0 saturated carbocycles. The van der Waals surface area contributed by atoms with Gasteiger partial charge in [-0.05, 0) is 50.6 Å². The first kappa shape index (κ1) is 30.4. The number of aromatic nitrogens is 1. The number of carbonyl (C=O) groups excluding carboxylic acids is 2. The second-order valence-corrected chi connectivity index (χ2v) is 9.90. The molecule has 1 aliphatic rings. The summed E-state index contributed by atoms with van der Waals surface area (Å²) < 4.78 is 34.3. The van der Waals surface area contributed by atoms with Crippen molar-refractivity contribution in [3.8, 4) is 23.0 Å². The number of thiazole rings is 1. The number of hydrogen-bond donors (Lipinski definition) is 0. The Morgan fingerprint density at radius 3 is 2.45 bits per heavy atom. The number of para-hydroxylation sites is 1. The molecule has 3 aromatic rings. The number of carbonyl (C=O) groups is 2. The summed E-state index contributed by atoms with van der Waals surface area (Å²) >= 11 is 1.19. The molecule has 1 atom stereocenters. The van der Waals surface area contributed by atoms with Crippen molar-refractivity contribution >= 4 is 29.4 Å². The summed E-state index contributed by atoms with van der Waals surface area (Å²) in [5.74, 6) is 0.507. The minimum Gasteiger partial charge on any atom is -0.493 e. The van der Waals surface area contributed by atoms with E-state index >= 15 is 0 Å². The molecular formula is C30H32N2O9S. The molecule has 0 amide bonds. The van der Waals surface area contributed by atoms with Crippen molar-refractivity contribution in [2.75, 3.05) is 41.2 Å². The monoisotopic (exact) mass is 596 g/mol. The van der Waals surface area contributed by atoms with E-state index in [1.165, 1.54) is 37.2 Å². The molecule has 0 bridgehead atoms. The van der Waals surface area contributed by atoms with Crippen molar-refractivity contribution in [3.05, 3.63) is 78.5 Å². The SMILES string of the molecule is CCOC(=O)C1=C(C)N=c2s/c(=C/c3cccc(OC)c3OC)c(=O)n2[C@@H]1c1ccc(OCC(=O)OC)c(OCC)c1. The Morgan fingerprint density at radius 2 is 1.79 bits per heavy atom. The lowest BCUT2D eigenvalue weighted by molar-refractivity contribution is -0.143. The molecular weight excluding hydrogens is 564 g/mol. The molecule has 1 aliphatic heterocycles. The average molecular weight is 597 g/mol. The number of methoxy groups -OCH3 is 3. The first-order chi connectivity index (χ1) is 20.3. The molecule has 2 heterocycles. The fourth-order valence-corrected chi connectivity index (χ4v) is 5.59. The minimum atomic E-state index is -0.872. The molecule has 0 fully saturated rings. The smallest absolute Gasteiger partial charge is 0.343 e. The second kappa shape index (κ2) is 13.4. The zero-order chi connectivity index (χ0) is 30.4. The first-order valence-electron chi connectivity index (χ1n) is 13.1. The van der Waals surface area contributed by atoms with Gasteiger partial charge < -0.3 is 28.4 Å². The fourth-order valence-electron chi connectivity index (χ4n) is 4.55. The molecule has 0 unspecified atom stereocenters. The van der Waals surface area contributed by atoms with Crippen LogP contribution in [0, 0.1) is 0 Å². The average Bonchev–Trinajstić information content (AvgIpc) is 3.29. The Bertz CT molecular complexity index is 1700. The molecule has 2 aromatic carbocycles. The van der Waals surface area contributed by atoms with E-state index in [1.807, 2.05) is 6.07 Å². The maximum Gasteiger partial charge on any atom is 0.343 e. The van der Waals surface area contributed by atoms with Crippen molar-refractivity contribution in [3.63, 3.8) is 0 Å². The van der Waals surface area contributed by atoms with E-state index in [4.69, 9.17) is 23.7 Å². The molecule has 0 radical (unpaired) electrons. The lowest BCUT2D eigenvalue weighted by atomic mass is 9.95. The Labute approximate surface area is 246 Å². The number of rotatable bonds is 11. The summed E-state index contributed by atoms with van der Waals surface area (Å²) in [5, 5.41) is 0. The topological polar surface area (TPSA) is 124 Å². The molecule has 12 heteroatoms. The van der Waals surface area contributed by atoms with Crippen LogP contribution in [0.15, 0.2) is 57.5 Å². The predicted octanol–water partition coefficient (Wildman–Crippen LogP) is 2.77. The van der Waals surface area contributed by atoms with Gasteiger partial charge in [0.15, 0.2) is 34.4 Å². The van der Waals surface area contributed by atoms with E-state index in [0.717, 1.165) is 0 Å². The Hall–Kier alpha value is -4.58. The number of benzene rings is 2. The van der Waals surface area contributed by atoms with Crippen molar-refractivity contribution in [2.45, 2.75) is 26.8 Å². The van der Waals surface area contributed by atoms with Crippen molar-refractivity contribution < 1.29 is 38.0 Å². The number of hydrogen-bond acceptors (Lipinski definition) is 11. The first-order valence-corrected chi connectivity index (χ1v) is 14.0. The standard InChI is InChI=1S/C30H32N2O9S/c1-7-39-22-14-18(12-13-20(22)41-16-24(33)37-5)26-25(29(35)40-8-2)17(3)31-30-32(26)28(34)23(42-30)15-19-10-9-11-21(36-4)27(19)38-6/h9-15,26H,7-8,16H2,1-6H3/b23-15+/t26-/m1/s1. The van der Waals surface area contributed by atoms with Gasteiger partial charge in [-0.3, -0.25) is 9.36 Å². The van der Waals surface area contributed by atoms with E-state index < -0.39 is 18.0 Å². The van der Waals surface area contributed by atoms with Crippen LogP contribution in [0.25, 0.3) is 6.08 Å². The molecule has 42 heavy (non-hydrogen) atoms. The number of fused-ring (bicyclic) bond motifs is 1. The molecule has 0 aliphatic carbocycles. The summed E-state index contributed by atoms with van der Waals surface area (Å²) in [6.07, 6.45) is 1.71. The van der Waals surface area contributed by atoms with Crippen LogP contribution in [-0.4, -0.2) is 57.7 Å². The van der Waals surface area contributed by atoms with Crippen molar-refractivity contribution in [2.24, 2.45) is 4.99 Å². The predicted molar refractivity (Wildman–Crippen MR) is 155 cm³/mol. The lowest BCUT2D eigenvalue weighted by Crippen LogP contribution is -2.40. The van der Waals surface area contributed by atoms with Crippen LogP contribution >= 0.6 is 11.3 Å². The van der Waals surface area contributed by atoms with Gasteiger partial charge in [0.2, 0.25) is 0 Å². The lowest BCUT2D eigenvalue weighted by Gasteiger charge is -2.25. The fraction of sp³-hybridized carbons (Fsp3) is 0.333. The van der Waals surface area contributed by atoms with Gasteiger partial charge in [0.05, 0.1) is 56.4 Å².